The van der Waals surface area contributed by atoms with E-state index in [1.165, 1.54) is 0 Å². The highest BCUT2D eigenvalue weighted by Crippen LogP contribution is 2.15. The molecule has 0 aromatic carbocycles. The third-order valence-corrected chi connectivity index (χ3v) is 3.29. The Kier molecular flexibility index (Phi) is 6.70. The van der Waals surface area contributed by atoms with Gasteiger partial charge in [-0.1, -0.05) is 13.8 Å². The van der Waals surface area contributed by atoms with E-state index in [0.29, 0.717) is 6.04 Å². The van der Waals surface area contributed by atoms with Gasteiger partial charge in [0, 0.05) is 18.3 Å². The van der Waals surface area contributed by atoms with Gasteiger partial charge in [0.15, 0.2) is 0 Å². The number of nitrogens with zero attached hydrogens (tertiary/aromatic N) is 1. The van der Waals surface area contributed by atoms with E-state index in [1.54, 1.807) is 0 Å². The fourth-order valence-corrected chi connectivity index (χ4v) is 2.31. The van der Waals surface area contributed by atoms with Crippen molar-refractivity contribution < 1.29 is 4.42 Å². The van der Waals surface area contributed by atoms with E-state index in [4.69, 9.17) is 4.42 Å². The molecule has 0 atom stereocenters. The lowest BCUT2D eigenvalue weighted by Gasteiger charge is -2.07. The van der Waals surface area contributed by atoms with Crippen molar-refractivity contribution in [3.63, 3.8) is 0 Å². The molecule has 0 fully saturated rings. The van der Waals surface area contributed by atoms with Crippen molar-refractivity contribution in [1.82, 2.24) is 10.2 Å². The zero-order valence-electron chi connectivity index (χ0n) is 11.3. The Bertz CT molecular complexity index is 310. The molecule has 0 saturated carbocycles. The van der Waals surface area contributed by atoms with Gasteiger partial charge >= 0.3 is 0 Å². The van der Waals surface area contributed by atoms with Crippen LogP contribution < -0.4 is 5.32 Å². The molecule has 0 aliphatic rings. The molecule has 0 spiro atoms. The summed E-state index contributed by atoms with van der Waals surface area (Å²) in [7, 11) is 4.20. The maximum absolute atomic E-state index is 5.74. The van der Waals surface area contributed by atoms with Gasteiger partial charge < -0.3 is 14.6 Å². The van der Waals surface area contributed by atoms with E-state index < -0.39 is 0 Å². The summed E-state index contributed by atoms with van der Waals surface area (Å²) >= 11 is 1.92. The lowest BCUT2D eigenvalue weighted by atomic mass is 10.3. The molecule has 0 aliphatic heterocycles. The molecule has 0 bridgehead atoms. The number of thioether (sulfide) groups is 1. The van der Waals surface area contributed by atoms with E-state index in [1.807, 2.05) is 11.8 Å². The summed E-state index contributed by atoms with van der Waals surface area (Å²) in [6, 6.07) is 4.65. The van der Waals surface area contributed by atoms with Crippen LogP contribution in [-0.2, 0) is 12.3 Å². The molecule has 0 amide bonds. The maximum atomic E-state index is 5.74. The quantitative estimate of drug-likeness (QED) is 0.724. The number of furan rings is 1. The van der Waals surface area contributed by atoms with Gasteiger partial charge in [-0.15, -0.1) is 0 Å². The SMILES string of the molecule is CC(C)NCc1ccc(CSCCN(C)C)o1. The molecule has 0 unspecified atom stereocenters. The molecule has 1 heterocycles. The van der Waals surface area contributed by atoms with E-state index in [2.05, 4.69) is 50.3 Å². The Labute approximate surface area is 109 Å². The first-order valence-corrected chi connectivity index (χ1v) is 7.27. The molecule has 4 heteroatoms. The van der Waals surface area contributed by atoms with Crippen LogP contribution in [0.5, 0.6) is 0 Å². The Morgan fingerprint density at radius 2 is 2.00 bits per heavy atom. The van der Waals surface area contributed by atoms with Crippen molar-refractivity contribution in [1.29, 1.82) is 0 Å². The topological polar surface area (TPSA) is 28.4 Å². The summed E-state index contributed by atoms with van der Waals surface area (Å²) in [6.45, 7) is 6.22. The molecule has 1 N–H and O–H groups in total. The molecule has 17 heavy (non-hydrogen) atoms. The smallest absolute Gasteiger partial charge is 0.118 e. The second-order valence-electron chi connectivity index (χ2n) is 4.76. The number of hydrogen-bond donors (Lipinski definition) is 1. The third-order valence-electron chi connectivity index (χ3n) is 2.33. The molecule has 0 radical (unpaired) electrons. The van der Waals surface area contributed by atoms with Gasteiger partial charge in [0.05, 0.1) is 12.3 Å². The molecular formula is C13H24N2OS. The largest absolute Gasteiger partial charge is 0.464 e. The highest BCUT2D eigenvalue weighted by molar-refractivity contribution is 7.98. The summed E-state index contributed by atoms with van der Waals surface area (Å²) in [6.07, 6.45) is 0. The normalized spacial score (nSPS) is 11.6. The highest BCUT2D eigenvalue weighted by Gasteiger charge is 2.03. The van der Waals surface area contributed by atoms with E-state index >= 15 is 0 Å². The Balaban J connectivity index is 2.21. The average molecular weight is 256 g/mol. The molecule has 0 saturated heterocycles. The first-order chi connectivity index (χ1) is 8.08. The van der Waals surface area contributed by atoms with Crippen molar-refractivity contribution in [2.75, 3.05) is 26.4 Å². The summed E-state index contributed by atoms with van der Waals surface area (Å²) in [4.78, 5) is 2.20. The van der Waals surface area contributed by atoms with E-state index in [9.17, 15) is 0 Å². The predicted octanol–water partition coefficient (Wildman–Crippen LogP) is 2.57. The minimum Gasteiger partial charge on any atom is -0.464 e. The predicted molar refractivity (Wildman–Crippen MR) is 75.4 cm³/mol. The van der Waals surface area contributed by atoms with Gasteiger partial charge in [-0.2, -0.15) is 11.8 Å². The Hall–Kier alpha value is -0.450. The molecule has 1 rings (SSSR count). The molecular weight excluding hydrogens is 232 g/mol. The minimum atomic E-state index is 0.498. The van der Waals surface area contributed by atoms with Crippen LogP contribution in [0.1, 0.15) is 25.4 Å². The molecule has 1 aromatic rings. The second-order valence-corrected chi connectivity index (χ2v) is 5.86. The summed E-state index contributed by atoms with van der Waals surface area (Å²) in [5.41, 5.74) is 0. The minimum absolute atomic E-state index is 0.498. The standard InChI is InChI=1S/C13H24N2OS/c1-11(2)14-9-12-5-6-13(16-12)10-17-8-7-15(3)4/h5-6,11,14H,7-10H2,1-4H3. The summed E-state index contributed by atoms with van der Waals surface area (Å²) < 4.78 is 5.74. The van der Waals surface area contributed by atoms with Crippen LogP contribution in [-0.4, -0.2) is 37.3 Å². The summed E-state index contributed by atoms with van der Waals surface area (Å²) in [5, 5.41) is 3.35. The van der Waals surface area contributed by atoms with E-state index in [-0.39, 0.29) is 0 Å². The Morgan fingerprint density at radius 1 is 1.29 bits per heavy atom. The van der Waals surface area contributed by atoms with Crippen LogP contribution in [0.2, 0.25) is 0 Å². The van der Waals surface area contributed by atoms with Crippen LogP contribution in [0.15, 0.2) is 16.5 Å². The molecule has 1 aromatic heterocycles. The molecule has 98 valence electrons. The van der Waals surface area contributed by atoms with Gasteiger partial charge in [-0.25, -0.2) is 0 Å². The number of rotatable bonds is 8. The Morgan fingerprint density at radius 3 is 2.65 bits per heavy atom. The van der Waals surface area contributed by atoms with Crippen molar-refractivity contribution in [3.8, 4) is 0 Å². The first-order valence-electron chi connectivity index (χ1n) is 6.11. The zero-order valence-corrected chi connectivity index (χ0v) is 12.1. The van der Waals surface area contributed by atoms with Gasteiger partial charge in [0.2, 0.25) is 0 Å². The van der Waals surface area contributed by atoms with Gasteiger partial charge in [0.1, 0.15) is 11.5 Å². The lowest BCUT2D eigenvalue weighted by molar-refractivity contribution is 0.436. The number of nitrogens with one attached hydrogen (secondary N) is 1. The van der Waals surface area contributed by atoms with Crippen molar-refractivity contribution in [2.24, 2.45) is 0 Å². The molecule has 0 aliphatic carbocycles. The van der Waals surface area contributed by atoms with Crippen LogP contribution in [0, 0.1) is 0 Å². The van der Waals surface area contributed by atoms with Gasteiger partial charge in [-0.3, -0.25) is 0 Å². The summed E-state index contributed by atoms with van der Waals surface area (Å²) in [5.74, 6) is 4.22. The fraction of sp³-hybridized carbons (Fsp3) is 0.692. The van der Waals surface area contributed by atoms with E-state index in [0.717, 1.165) is 36.1 Å². The first kappa shape index (κ1) is 14.6. The highest BCUT2D eigenvalue weighted by atomic mass is 32.2. The van der Waals surface area contributed by atoms with Crippen LogP contribution in [0.4, 0.5) is 0 Å². The second kappa shape index (κ2) is 7.80. The van der Waals surface area contributed by atoms with Crippen molar-refractivity contribution >= 4 is 11.8 Å². The van der Waals surface area contributed by atoms with Crippen molar-refractivity contribution in [2.45, 2.75) is 32.2 Å². The van der Waals surface area contributed by atoms with Gasteiger partial charge in [-0.05, 0) is 26.2 Å². The van der Waals surface area contributed by atoms with Crippen LogP contribution in [0.3, 0.4) is 0 Å². The molecule has 3 nitrogen and oxygen atoms in total. The van der Waals surface area contributed by atoms with Crippen LogP contribution >= 0.6 is 11.8 Å². The third kappa shape index (κ3) is 6.76. The monoisotopic (exact) mass is 256 g/mol. The fourth-order valence-electron chi connectivity index (χ4n) is 1.32. The van der Waals surface area contributed by atoms with Crippen LogP contribution in [0.25, 0.3) is 0 Å². The zero-order chi connectivity index (χ0) is 12.7. The lowest BCUT2D eigenvalue weighted by Crippen LogP contribution is -2.21. The number of hydrogen-bond acceptors (Lipinski definition) is 4. The average Bonchev–Trinajstić information content (AvgIpc) is 2.69. The maximum Gasteiger partial charge on any atom is 0.118 e. The van der Waals surface area contributed by atoms with Gasteiger partial charge in [0.25, 0.3) is 0 Å². The van der Waals surface area contributed by atoms with Crippen molar-refractivity contribution in [3.05, 3.63) is 23.7 Å².